The zero-order chi connectivity index (χ0) is 16.4. The van der Waals surface area contributed by atoms with Crippen molar-refractivity contribution in [2.24, 2.45) is 16.7 Å². The van der Waals surface area contributed by atoms with Gasteiger partial charge in [0.15, 0.2) is 0 Å². The van der Waals surface area contributed by atoms with Crippen LogP contribution in [-0.2, 0) is 6.42 Å². The number of allylic oxidation sites excluding steroid dienone is 1. The number of hydrogen-bond donors (Lipinski definition) is 3. The molecule has 0 spiro atoms. The lowest BCUT2D eigenvalue weighted by Crippen LogP contribution is -2.50. The van der Waals surface area contributed by atoms with E-state index >= 15 is 0 Å². The molecule has 124 valence electrons. The lowest BCUT2D eigenvalue weighted by Gasteiger charge is -2.57. The highest BCUT2D eigenvalue weighted by atomic mass is 16.3. The maximum atomic E-state index is 10.6. The summed E-state index contributed by atoms with van der Waals surface area (Å²) in [6, 6.07) is 5.75. The normalized spacial score (nSPS) is 45.0. The van der Waals surface area contributed by atoms with Gasteiger partial charge in [0, 0.05) is 0 Å². The number of aliphatic hydroxyl groups is 2. The monoisotopic (exact) mass is 314 g/mol. The molecular formula is C20H26O3. The molecule has 0 amide bonds. The number of phenolic OH excluding ortho intramolecular Hbond substituents is 1. The molecule has 0 aromatic heterocycles. The number of phenols is 1. The minimum Gasteiger partial charge on any atom is -0.508 e. The fourth-order valence-corrected chi connectivity index (χ4v) is 6.09. The molecule has 2 saturated carbocycles. The summed E-state index contributed by atoms with van der Waals surface area (Å²) in [5, 5.41) is 30.7. The number of aromatic hydroxyl groups is 1. The van der Waals surface area contributed by atoms with E-state index in [1.165, 1.54) is 11.1 Å². The molecule has 2 fully saturated rings. The van der Waals surface area contributed by atoms with Crippen molar-refractivity contribution in [2.75, 3.05) is 0 Å². The molecule has 0 heterocycles. The van der Waals surface area contributed by atoms with E-state index in [2.05, 4.69) is 25.6 Å². The molecule has 0 radical (unpaired) electrons. The van der Waals surface area contributed by atoms with Crippen LogP contribution in [0.25, 0.3) is 0 Å². The SMILES string of the molecule is C=C[C@@]12CCc3cc(O)ccc3[C@H]1CC[C@@]1(C)[C@H]2C[C@@H](O)[C@@H]1O. The van der Waals surface area contributed by atoms with Crippen molar-refractivity contribution < 1.29 is 15.3 Å². The molecule has 3 heteroatoms. The zero-order valence-electron chi connectivity index (χ0n) is 13.7. The van der Waals surface area contributed by atoms with Crippen molar-refractivity contribution in [2.45, 2.75) is 57.2 Å². The van der Waals surface area contributed by atoms with Gasteiger partial charge in [-0.2, -0.15) is 0 Å². The van der Waals surface area contributed by atoms with E-state index in [0.29, 0.717) is 18.1 Å². The zero-order valence-corrected chi connectivity index (χ0v) is 13.7. The summed E-state index contributed by atoms with van der Waals surface area (Å²) in [5.74, 6) is 0.973. The highest BCUT2D eigenvalue weighted by Crippen LogP contribution is 2.67. The van der Waals surface area contributed by atoms with Gasteiger partial charge in [0.25, 0.3) is 0 Å². The van der Waals surface area contributed by atoms with Crippen LogP contribution in [0.2, 0.25) is 0 Å². The first-order valence-electron chi connectivity index (χ1n) is 8.74. The largest absolute Gasteiger partial charge is 0.508 e. The van der Waals surface area contributed by atoms with E-state index < -0.39 is 12.2 Å². The second kappa shape index (κ2) is 4.84. The third-order valence-electron chi connectivity index (χ3n) is 7.29. The highest BCUT2D eigenvalue weighted by Gasteiger charge is 2.63. The van der Waals surface area contributed by atoms with Gasteiger partial charge in [-0.05, 0) is 78.0 Å². The summed E-state index contributed by atoms with van der Waals surface area (Å²) in [6.07, 6.45) is 5.35. The maximum Gasteiger partial charge on any atom is 0.115 e. The van der Waals surface area contributed by atoms with Gasteiger partial charge in [-0.25, -0.2) is 0 Å². The van der Waals surface area contributed by atoms with Crippen LogP contribution < -0.4 is 0 Å². The maximum absolute atomic E-state index is 10.6. The summed E-state index contributed by atoms with van der Waals surface area (Å²) in [7, 11) is 0. The van der Waals surface area contributed by atoms with Crippen LogP contribution in [0, 0.1) is 16.7 Å². The van der Waals surface area contributed by atoms with Crippen LogP contribution in [0.4, 0.5) is 0 Å². The molecule has 1 aromatic rings. The summed E-state index contributed by atoms with van der Waals surface area (Å²) < 4.78 is 0. The number of rotatable bonds is 1. The van der Waals surface area contributed by atoms with Crippen molar-refractivity contribution >= 4 is 0 Å². The molecule has 1 aromatic carbocycles. The summed E-state index contributed by atoms with van der Waals surface area (Å²) >= 11 is 0. The molecule has 4 rings (SSSR count). The first-order valence-corrected chi connectivity index (χ1v) is 8.74. The minimum absolute atomic E-state index is 0.0601. The molecule has 3 nitrogen and oxygen atoms in total. The number of aliphatic hydroxyl groups excluding tert-OH is 2. The number of hydrogen-bond acceptors (Lipinski definition) is 3. The van der Waals surface area contributed by atoms with E-state index in [9.17, 15) is 15.3 Å². The lowest BCUT2D eigenvalue weighted by atomic mass is 9.47. The Morgan fingerprint density at radius 2 is 2.04 bits per heavy atom. The van der Waals surface area contributed by atoms with Crippen LogP contribution in [0.5, 0.6) is 5.75 Å². The van der Waals surface area contributed by atoms with Gasteiger partial charge in [0.1, 0.15) is 5.75 Å². The van der Waals surface area contributed by atoms with E-state index in [0.717, 1.165) is 25.7 Å². The molecule has 0 saturated heterocycles. The Balaban J connectivity index is 1.83. The van der Waals surface area contributed by atoms with Crippen molar-refractivity contribution in [3.63, 3.8) is 0 Å². The fourth-order valence-electron chi connectivity index (χ4n) is 6.09. The minimum atomic E-state index is -0.633. The molecular weight excluding hydrogens is 288 g/mol. The number of fused-ring (bicyclic) bond motifs is 5. The quantitative estimate of drug-likeness (QED) is 0.698. The van der Waals surface area contributed by atoms with Gasteiger partial charge in [0.05, 0.1) is 12.2 Å². The van der Waals surface area contributed by atoms with Crippen molar-refractivity contribution in [1.29, 1.82) is 0 Å². The first kappa shape index (κ1) is 15.2. The van der Waals surface area contributed by atoms with Gasteiger partial charge in [-0.15, -0.1) is 6.58 Å². The Kier molecular flexibility index (Phi) is 3.20. The summed E-state index contributed by atoms with van der Waals surface area (Å²) in [5.41, 5.74) is 2.29. The number of benzene rings is 1. The molecule has 3 aliphatic carbocycles. The second-order valence-corrected chi connectivity index (χ2v) is 8.10. The third kappa shape index (κ3) is 1.84. The predicted octanol–water partition coefficient (Wildman–Crippen LogP) is 3.14. The molecule has 0 aliphatic heterocycles. The van der Waals surface area contributed by atoms with Gasteiger partial charge >= 0.3 is 0 Å². The first-order chi connectivity index (χ1) is 10.9. The van der Waals surface area contributed by atoms with E-state index in [1.807, 2.05) is 6.07 Å². The average molecular weight is 314 g/mol. The molecule has 3 aliphatic rings. The Labute approximate surface area is 137 Å². The third-order valence-corrected chi connectivity index (χ3v) is 7.29. The van der Waals surface area contributed by atoms with Crippen molar-refractivity contribution in [3.8, 4) is 5.75 Å². The Morgan fingerprint density at radius 1 is 1.26 bits per heavy atom. The Bertz CT molecular complexity index is 654. The topological polar surface area (TPSA) is 60.7 Å². The van der Waals surface area contributed by atoms with Crippen LogP contribution in [0.1, 0.15) is 49.7 Å². The van der Waals surface area contributed by atoms with Crippen LogP contribution in [-0.4, -0.2) is 27.5 Å². The number of aryl methyl sites for hydroxylation is 1. The van der Waals surface area contributed by atoms with Crippen LogP contribution in [0.15, 0.2) is 30.9 Å². The van der Waals surface area contributed by atoms with E-state index in [4.69, 9.17) is 0 Å². The summed E-state index contributed by atoms with van der Waals surface area (Å²) in [6.45, 7) is 6.32. The van der Waals surface area contributed by atoms with Gasteiger partial charge < -0.3 is 15.3 Å². The van der Waals surface area contributed by atoms with Crippen molar-refractivity contribution in [3.05, 3.63) is 42.0 Å². The van der Waals surface area contributed by atoms with Crippen LogP contribution >= 0.6 is 0 Å². The molecule has 0 bridgehead atoms. The van der Waals surface area contributed by atoms with Gasteiger partial charge in [-0.3, -0.25) is 0 Å². The Morgan fingerprint density at radius 3 is 2.78 bits per heavy atom. The van der Waals surface area contributed by atoms with E-state index in [1.54, 1.807) is 6.07 Å². The predicted molar refractivity (Wildman–Crippen MR) is 89.3 cm³/mol. The fraction of sp³-hybridized carbons (Fsp3) is 0.600. The lowest BCUT2D eigenvalue weighted by molar-refractivity contribution is -0.0687. The summed E-state index contributed by atoms with van der Waals surface area (Å²) in [4.78, 5) is 0. The molecule has 3 N–H and O–H groups in total. The standard InChI is InChI=1S/C20H26O3/c1-3-20-9-6-12-10-13(21)4-5-14(12)15(20)7-8-19(2)17(20)11-16(22)18(19)23/h3-5,10,15-18,21-23H,1,6-9,11H2,2H3/t15-,16-,17-,18+,19+,20-/m1/s1. The highest BCUT2D eigenvalue weighted by molar-refractivity contribution is 5.43. The molecule has 23 heavy (non-hydrogen) atoms. The molecule has 0 unspecified atom stereocenters. The van der Waals surface area contributed by atoms with Crippen LogP contribution in [0.3, 0.4) is 0 Å². The van der Waals surface area contributed by atoms with Gasteiger partial charge in [-0.1, -0.05) is 19.1 Å². The molecule has 6 atom stereocenters. The smallest absolute Gasteiger partial charge is 0.115 e. The second-order valence-electron chi connectivity index (χ2n) is 8.10. The van der Waals surface area contributed by atoms with Gasteiger partial charge in [0.2, 0.25) is 0 Å². The van der Waals surface area contributed by atoms with E-state index in [-0.39, 0.29) is 16.7 Å². The average Bonchev–Trinajstić information content (AvgIpc) is 2.78. The van der Waals surface area contributed by atoms with Crippen molar-refractivity contribution in [1.82, 2.24) is 0 Å². The Hall–Kier alpha value is -1.32.